The zero-order valence-corrected chi connectivity index (χ0v) is 6.14. The van der Waals surface area contributed by atoms with Crippen LogP contribution < -0.4 is 0 Å². The topological polar surface area (TPSA) is 40.5 Å². The first-order valence-electron chi connectivity index (χ1n) is 1.56. The fraction of sp³-hybridized carbons (Fsp3) is 1.00. The van der Waals surface area contributed by atoms with Gasteiger partial charge < -0.3 is 10.2 Å². The normalized spacial score (nSPS) is 10.7. The summed E-state index contributed by atoms with van der Waals surface area (Å²) in [6, 6.07) is 0. The molecule has 0 spiro atoms. The van der Waals surface area contributed by atoms with Crippen molar-refractivity contribution in [2.45, 2.75) is 13.0 Å². The first-order chi connectivity index (χ1) is 2.27. The van der Waals surface area contributed by atoms with Gasteiger partial charge in [0, 0.05) is 26.2 Å². The van der Waals surface area contributed by atoms with Gasteiger partial charge in [-0.15, -0.1) is 0 Å². The molecule has 1 atom stereocenters. The Bertz CT molecular complexity index is 26.9. The molecule has 0 saturated heterocycles. The van der Waals surface area contributed by atoms with Crippen molar-refractivity contribution < 1.29 is 36.4 Å². The maximum absolute atomic E-state index is 8.11. The average molecular weight is 197 g/mol. The van der Waals surface area contributed by atoms with Gasteiger partial charge in [0.1, 0.15) is 0 Å². The van der Waals surface area contributed by atoms with Gasteiger partial charge in [0.15, 0.2) is 17.4 Å². The number of aliphatic hydroxyl groups excluding tert-OH is 2. The summed E-state index contributed by atoms with van der Waals surface area (Å²) in [4.78, 5) is 0. The Labute approximate surface area is 73.2 Å². The van der Waals surface area contributed by atoms with E-state index in [1.165, 1.54) is 6.92 Å². The molecule has 0 fully saturated rings. The van der Waals surface area contributed by atoms with Crippen LogP contribution in [0.2, 0.25) is 0 Å². The largest absolute Gasteiger partial charge is 0.394 e. The average Bonchev–Trinajstić information content (AvgIpc) is 1.38. The molecule has 0 aliphatic carbocycles. The van der Waals surface area contributed by atoms with Crippen LogP contribution in [0.3, 0.4) is 0 Å². The molecule has 0 aromatic rings. The fourth-order valence-corrected chi connectivity index (χ4v) is 0. The van der Waals surface area contributed by atoms with E-state index in [0.29, 0.717) is 0 Å². The fourth-order valence-electron chi connectivity index (χ4n) is 0. The van der Waals surface area contributed by atoms with Gasteiger partial charge in [0.2, 0.25) is 0 Å². The van der Waals surface area contributed by atoms with Crippen molar-refractivity contribution in [1.82, 2.24) is 0 Å². The summed E-state index contributed by atoms with van der Waals surface area (Å²) in [5.41, 5.74) is 0. The predicted octanol–water partition coefficient (Wildman–Crippen LogP) is -1.83. The summed E-state index contributed by atoms with van der Waals surface area (Å²) in [6.07, 6.45) is -0.560. The zero-order chi connectivity index (χ0) is 4.28. The quantitative estimate of drug-likeness (QED) is 0.486. The van der Waals surface area contributed by atoms with Gasteiger partial charge in [-0.3, -0.25) is 0 Å². The summed E-state index contributed by atoms with van der Waals surface area (Å²) in [7, 11) is 0. The zero-order valence-electron chi connectivity index (χ0n) is 3.68. The standard InChI is InChI=1S/C3H8O2.Al.Zr.3H/c1-3(5)2-4;;;;;/h3-5H,2H2,1H3;;;;;. The molecule has 0 aromatic carbocycles. The summed E-state index contributed by atoms with van der Waals surface area (Å²) < 4.78 is 0. The molecule has 0 heterocycles. The maximum Gasteiger partial charge on any atom is 0.187 e. The van der Waals surface area contributed by atoms with Crippen LogP contribution in [0.4, 0.5) is 0 Å². The monoisotopic (exact) mass is 196 g/mol. The third-order valence-electron chi connectivity index (χ3n) is 0.264. The van der Waals surface area contributed by atoms with E-state index >= 15 is 0 Å². The van der Waals surface area contributed by atoms with E-state index < -0.39 is 6.10 Å². The molecule has 7 heavy (non-hydrogen) atoms. The second kappa shape index (κ2) is 10.3. The van der Waals surface area contributed by atoms with Gasteiger partial charge in [-0.25, -0.2) is 0 Å². The van der Waals surface area contributed by atoms with Crippen LogP contribution in [0.15, 0.2) is 0 Å². The van der Waals surface area contributed by atoms with E-state index in [-0.39, 0.29) is 50.2 Å². The van der Waals surface area contributed by atoms with Crippen molar-refractivity contribution in [2.75, 3.05) is 6.61 Å². The van der Waals surface area contributed by atoms with Crippen molar-refractivity contribution in [3.8, 4) is 0 Å². The summed E-state index contributed by atoms with van der Waals surface area (Å²) in [5.74, 6) is 0. The molecule has 2 nitrogen and oxygen atoms in total. The van der Waals surface area contributed by atoms with Crippen molar-refractivity contribution in [3.63, 3.8) is 0 Å². The van der Waals surface area contributed by atoms with Crippen LogP contribution in [0.5, 0.6) is 0 Å². The molecule has 0 bridgehead atoms. The molecule has 0 radical (unpaired) electrons. The molecular weight excluding hydrogens is 186 g/mol. The molecule has 42 valence electrons. The second-order valence-corrected chi connectivity index (χ2v) is 1.03. The van der Waals surface area contributed by atoms with E-state index in [0.717, 1.165) is 0 Å². The molecule has 0 aromatic heterocycles. The Hall–Kier alpha value is 1.34. The summed E-state index contributed by atoms with van der Waals surface area (Å²) >= 11 is 0. The molecule has 0 aliphatic heterocycles. The van der Waals surface area contributed by atoms with E-state index in [1.807, 2.05) is 0 Å². The maximum atomic E-state index is 8.11. The molecule has 1 unspecified atom stereocenters. The van der Waals surface area contributed by atoms with Gasteiger partial charge in [0.25, 0.3) is 0 Å². The van der Waals surface area contributed by atoms with Gasteiger partial charge in [0.05, 0.1) is 12.7 Å². The minimum atomic E-state index is -0.560. The van der Waals surface area contributed by atoms with E-state index in [2.05, 4.69) is 0 Å². The number of hydrogen-bond acceptors (Lipinski definition) is 2. The third kappa shape index (κ3) is 18.8. The SMILES string of the molecule is CC(O)CO.[AlH3].[Zr]. The minimum absolute atomic E-state index is 0. The number of rotatable bonds is 1. The summed E-state index contributed by atoms with van der Waals surface area (Å²) in [5, 5.41) is 16.0. The molecule has 0 amide bonds. The van der Waals surface area contributed by atoms with Gasteiger partial charge in [-0.2, -0.15) is 0 Å². The van der Waals surface area contributed by atoms with Crippen LogP contribution in [-0.2, 0) is 26.2 Å². The molecule has 4 heteroatoms. The Balaban J connectivity index is -0.0000000800. The smallest absolute Gasteiger partial charge is 0.187 e. The van der Waals surface area contributed by atoms with Crippen LogP contribution in [0.1, 0.15) is 6.92 Å². The van der Waals surface area contributed by atoms with Crippen LogP contribution in [0.25, 0.3) is 0 Å². The third-order valence-corrected chi connectivity index (χ3v) is 0.264. The van der Waals surface area contributed by atoms with Crippen LogP contribution >= 0.6 is 0 Å². The number of aliphatic hydroxyl groups is 2. The molecular formula is C3H11AlO2Zr. The first-order valence-corrected chi connectivity index (χ1v) is 1.56. The van der Waals surface area contributed by atoms with Crippen molar-refractivity contribution in [3.05, 3.63) is 0 Å². The molecule has 0 rings (SSSR count). The molecule has 2 N–H and O–H groups in total. The van der Waals surface area contributed by atoms with E-state index in [4.69, 9.17) is 10.2 Å². The van der Waals surface area contributed by atoms with Crippen molar-refractivity contribution in [2.24, 2.45) is 0 Å². The van der Waals surface area contributed by atoms with E-state index in [9.17, 15) is 0 Å². The Morgan fingerprint density at radius 3 is 1.71 bits per heavy atom. The molecule has 0 saturated carbocycles. The summed E-state index contributed by atoms with van der Waals surface area (Å²) in [6.45, 7) is 1.39. The minimum Gasteiger partial charge on any atom is -0.394 e. The van der Waals surface area contributed by atoms with E-state index in [1.54, 1.807) is 0 Å². The second-order valence-electron chi connectivity index (χ2n) is 1.03. The molecule has 0 aliphatic rings. The Kier molecular flexibility index (Phi) is 23.3. The first kappa shape index (κ1) is 15.8. The van der Waals surface area contributed by atoms with Gasteiger partial charge in [-0.1, -0.05) is 0 Å². The van der Waals surface area contributed by atoms with Crippen molar-refractivity contribution in [1.29, 1.82) is 0 Å². The Morgan fingerprint density at radius 2 is 1.71 bits per heavy atom. The van der Waals surface area contributed by atoms with Gasteiger partial charge in [-0.05, 0) is 6.92 Å². The van der Waals surface area contributed by atoms with Crippen LogP contribution in [-0.4, -0.2) is 40.3 Å². The Morgan fingerprint density at radius 1 is 1.57 bits per heavy atom. The van der Waals surface area contributed by atoms with Gasteiger partial charge >= 0.3 is 0 Å². The number of hydrogen-bond donors (Lipinski definition) is 2. The van der Waals surface area contributed by atoms with Crippen molar-refractivity contribution >= 4 is 17.4 Å². The predicted molar refractivity (Wildman–Crippen MR) is 28.7 cm³/mol. The van der Waals surface area contributed by atoms with Crippen LogP contribution in [0, 0.1) is 0 Å².